The van der Waals surface area contributed by atoms with Crippen LogP contribution >= 0.6 is 0 Å². The van der Waals surface area contributed by atoms with Crippen LogP contribution in [0.3, 0.4) is 0 Å². The van der Waals surface area contributed by atoms with E-state index in [9.17, 15) is 13.6 Å². The van der Waals surface area contributed by atoms with Gasteiger partial charge in [-0.05, 0) is 38.1 Å². The minimum absolute atomic E-state index is 0.104. The zero-order valence-electron chi connectivity index (χ0n) is 17.9. The van der Waals surface area contributed by atoms with Crippen molar-refractivity contribution < 1.29 is 8.78 Å². The van der Waals surface area contributed by atoms with E-state index in [0.717, 1.165) is 26.2 Å². The number of piperazine rings is 1. The van der Waals surface area contributed by atoms with Gasteiger partial charge in [0, 0.05) is 43.7 Å². The van der Waals surface area contributed by atoms with Crippen LogP contribution in [-0.4, -0.2) is 52.1 Å². The molecule has 4 N–H and O–H groups in total. The summed E-state index contributed by atoms with van der Waals surface area (Å²) in [6.45, 7) is 7.49. The van der Waals surface area contributed by atoms with Crippen molar-refractivity contribution in [3.05, 3.63) is 52.3 Å². The molecule has 166 valence electrons. The van der Waals surface area contributed by atoms with Gasteiger partial charge in [-0.1, -0.05) is 0 Å². The average molecular weight is 438 g/mol. The summed E-state index contributed by atoms with van der Waals surface area (Å²) in [7, 11) is 0. The van der Waals surface area contributed by atoms with Crippen LogP contribution in [0.25, 0.3) is 33.3 Å². The fraction of sp³-hybridized carbons (Fsp3) is 0.304. The van der Waals surface area contributed by atoms with E-state index in [0.29, 0.717) is 33.7 Å². The molecular weight excluding hydrogens is 414 g/mol. The first-order valence-electron chi connectivity index (χ1n) is 10.6. The SMILES string of the molecule is CC(C)N1CCN(c2cc3[nH]c(-c4c(N)c5cc(F)ccc5[nH]c4=O)nc3cc2F)CC1. The first-order chi connectivity index (χ1) is 15.3. The van der Waals surface area contributed by atoms with Gasteiger partial charge < -0.3 is 20.6 Å². The van der Waals surface area contributed by atoms with Crippen molar-refractivity contribution in [2.45, 2.75) is 19.9 Å². The molecule has 9 heteroatoms. The summed E-state index contributed by atoms with van der Waals surface area (Å²) in [5.74, 6) is -0.613. The summed E-state index contributed by atoms with van der Waals surface area (Å²) in [6.07, 6.45) is 0. The zero-order valence-corrected chi connectivity index (χ0v) is 17.9. The molecule has 0 radical (unpaired) electrons. The molecule has 1 aliphatic heterocycles. The van der Waals surface area contributed by atoms with Crippen molar-refractivity contribution in [3.63, 3.8) is 0 Å². The maximum Gasteiger partial charge on any atom is 0.261 e. The number of H-pyrrole nitrogens is 2. The number of halogens is 2. The number of rotatable bonds is 3. The number of nitrogen functional groups attached to an aromatic ring is 1. The summed E-state index contributed by atoms with van der Waals surface area (Å²) < 4.78 is 28.7. The van der Waals surface area contributed by atoms with Crippen LogP contribution in [0, 0.1) is 11.6 Å². The van der Waals surface area contributed by atoms with Crippen LogP contribution in [0.4, 0.5) is 20.2 Å². The lowest BCUT2D eigenvalue weighted by Gasteiger charge is -2.38. The van der Waals surface area contributed by atoms with Crippen molar-refractivity contribution in [2.75, 3.05) is 36.8 Å². The highest BCUT2D eigenvalue weighted by Gasteiger charge is 2.23. The van der Waals surface area contributed by atoms with Crippen molar-refractivity contribution >= 4 is 33.3 Å². The van der Waals surface area contributed by atoms with Gasteiger partial charge in [0.05, 0.1) is 27.9 Å². The molecule has 0 spiro atoms. The predicted molar refractivity (Wildman–Crippen MR) is 123 cm³/mol. The monoisotopic (exact) mass is 438 g/mol. The smallest absolute Gasteiger partial charge is 0.261 e. The highest BCUT2D eigenvalue weighted by molar-refractivity contribution is 5.98. The molecule has 2 aromatic carbocycles. The molecule has 5 rings (SSSR count). The fourth-order valence-corrected chi connectivity index (χ4v) is 4.39. The zero-order chi connectivity index (χ0) is 22.6. The van der Waals surface area contributed by atoms with Crippen molar-refractivity contribution in [3.8, 4) is 11.4 Å². The molecule has 4 aromatic rings. The molecule has 32 heavy (non-hydrogen) atoms. The van der Waals surface area contributed by atoms with Crippen LogP contribution < -0.4 is 16.2 Å². The lowest BCUT2D eigenvalue weighted by atomic mass is 10.1. The van der Waals surface area contributed by atoms with Gasteiger partial charge in [0.15, 0.2) is 0 Å². The normalized spacial score (nSPS) is 15.3. The Bertz CT molecular complexity index is 1390. The lowest BCUT2D eigenvalue weighted by Crippen LogP contribution is -2.49. The Labute approximate surface area is 182 Å². The second-order valence-electron chi connectivity index (χ2n) is 8.46. The van der Waals surface area contributed by atoms with E-state index in [1.165, 1.54) is 24.3 Å². The summed E-state index contributed by atoms with van der Waals surface area (Å²) in [4.78, 5) is 27.3. The van der Waals surface area contributed by atoms with Gasteiger partial charge in [-0.25, -0.2) is 13.8 Å². The molecular formula is C23H24F2N6O. The number of benzene rings is 2. The third-order valence-corrected chi connectivity index (χ3v) is 6.19. The van der Waals surface area contributed by atoms with Crippen LogP contribution in [0.15, 0.2) is 35.1 Å². The number of nitrogens with two attached hydrogens (primary N) is 1. The largest absolute Gasteiger partial charge is 0.397 e. The molecule has 0 atom stereocenters. The number of pyridine rings is 1. The lowest BCUT2D eigenvalue weighted by molar-refractivity contribution is 0.209. The van der Waals surface area contributed by atoms with Crippen molar-refractivity contribution in [1.29, 1.82) is 0 Å². The Morgan fingerprint density at radius 2 is 1.78 bits per heavy atom. The number of fused-ring (bicyclic) bond motifs is 2. The number of nitrogens with one attached hydrogen (secondary N) is 2. The van der Waals surface area contributed by atoms with Gasteiger partial charge in [-0.2, -0.15) is 0 Å². The van der Waals surface area contributed by atoms with Gasteiger partial charge >= 0.3 is 0 Å². The first kappa shape index (κ1) is 20.4. The summed E-state index contributed by atoms with van der Waals surface area (Å²) in [6, 6.07) is 7.53. The quantitative estimate of drug-likeness (QED) is 0.456. The topological polar surface area (TPSA) is 94.0 Å². The van der Waals surface area contributed by atoms with Gasteiger partial charge in [0.1, 0.15) is 23.0 Å². The summed E-state index contributed by atoms with van der Waals surface area (Å²) in [5, 5.41) is 0.384. The minimum Gasteiger partial charge on any atom is -0.397 e. The van der Waals surface area contributed by atoms with E-state index < -0.39 is 11.4 Å². The molecule has 1 aliphatic rings. The highest BCUT2D eigenvalue weighted by atomic mass is 19.1. The number of hydrogen-bond acceptors (Lipinski definition) is 5. The molecule has 0 bridgehead atoms. The summed E-state index contributed by atoms with van der Waals surface area (Å²) in [5.41, 5.74) is 7.91. The van der Waals surface area contributed by atoms with E-state index in [2.05, 4.69) is 33.7 Å². The van der Waals surface area contributed by atoms with Gasteiger partial charge in [0.25, 0.3) is 5.56 Å². The van der Waals surface area contributed by atoms with Crippen molar-refractivity contribution in [2.24, 2.45) is 0 Å². The van der Waals surface area contributed by atoms with Crippen molar-refractivity contribution in [1.82, 2.24) is 19.9 Å². The molecule has 7 nitrogen and oxygen atoms in total. The van der Waals surface area contributed by atoms with Gasteiger partial charge in [-0.15, -0.1) is 0 Å². The van der Waals surface area contributed by atoms with Crippen LogP contribution in [0.1, 0.15) is 13.8 Å². The fourth-order valence-electron chi connectivity index (χ4n) is 4.39. The maximum absolute atomic E-state index is 14.9. The molecule has 0 unspecified atom stereocenters. The van der Waals surface area contributed by atoms with E-state index in [1.807, 2.05) is 4.90 Å². The molecule has 2 aromatic heterocycles. The number of imidazole rings is 1. The minimum atomic E-state index is -0.462. The maximum atomic E-state index is 14.9. The molecule has 0 aliphatic carbocycles. The third-order valence-electron chi connectivity index (χ3n) is 6.19. The Balaban J connectivity index is 1.56. The number of aromatic nitrogens is 3. The molecule has 0 saturated carbocycles. The van der Waals surface area contributed by atoms with E-state index in [1.54, 1.807) is 6.07 Å². The number of hydrogen-bond donors (Lipinski definition) is 3. The summed E-state index contributed by atoms with van der Waals surface area (Å²) >= 11 is 0. The molecule has 1 fully saturated rings. The van der Waals surface area contributed by atoms with E-state index in [4.69, 9.17) is 5.73 Å². The van der Waals surface area contributed by atoms with Gasteiger partial charge in [0.2, 0.25) is 0 Å². The molecule has 0 amide bonds. The third kappa shape index (κ3) is 3.38. The second-order valence-corrected chi connectivity index (χ2v) is 8.46. The molecule has 3 heterocycles. The Hall–Kier alpha value is -3.46. The number of anilines is 2. The van der Waals surface area contributed by atoms with E-state index >= 15 is 0 Å². The average Bonchev–Trinajstić information content (AvgIpc) is 3.16. The van der Waals surface area contributed by atoms with E-state index in [-0.39, 0.29) is 22.9 Å². The predicted octanol–water partition coefficient (Wildman–Crippen LogP) is 3.46. The Morgan fingerprint density at radius 1 is 1.03 bits per heavy atom. The Kier molecular flexibility index (Phi) is 4.85. The first-order valence-corrected chi connectivity index (χ1v) is 10.6. The molecule has 1 saturated heterocycles. The van der Waals surface area contributed by atoms with Crippen LogP contribution in [-0.2, 0) is 0 Å². The standard InChI is InChI=1S/C23H24F2N6O/c1-12(2)30-5-7-31(8-6-30)19-11-18-17(10-15(19)25)27-22(28-18)20-21(26)14-9-13(24)3-4-16(14)29-23(20)32/h3-4,9-12H,5-8H2,1-2H3,(H,27,28)(H3,26,29,32). The van der Waals surface area contributed by atoms with Crippen LogP contribution in [0.5, 0.6) is 0 Å². The number of nitrogens with zero attached hydrogens (tertiary/aromatic N) is 3. The van der Waals surface area contributed by atoms with Crippen LogP contribution in [0.2, 0.25) is 0 Å². The highest BCUT2D eigenvalue weighted by Crippen LogP contribution is 2.31. The Morgan fingerprint density at radius 3 is 2.50 bits per heavy atom. The number of aromatic amines is 2. The second kappa shape index (κ2) is 7.59. The van der Waals surface area contributed by atoms with Gasteiger partial charge in [-0.3, -0.25) is 9.69 Å².